The van der Waals surface area contributed by atoms with E-state index in [0.717, 1.165) is 28.1 Å². The minimum atomic E-state index is -0.480. The summed E-state index contributed by atoms with van der Waals surface area (Å²) < 4.78 is 33.7. The fraction of sp³-hybridized carbons (Fsp3) is 0.118. The highest BCUT2D eigenvalue weighted by Gasteiger charge is 2.19. The molecule has 0 aliphatic carbocycles. The molecule has 0 aliphatic rings. The number of para-hydroxylation sites is 1. The largest absolute Gasteiger partial charge is 0.497 e. The number of fused-ring (bicyclic) bond motifs is 1. The van der Waals surface area contributed by atoms with Crippen molar-refractivity contribution in [3.63, 3.8) is 0 Å². The Morgan fingerprint density at radius 3 is 1.95 bits per heavy atom. The van der Waals surface area contributed by atoms with Gasteiger partial charge in [0.05, 0.1) is 25.9 Å². The molecular formula is C34H29FN4O3. The van der Waals surface area contributed by atoms with Gasteiger partial charge in [-0.05, 0) is 71.8 Å². The van der Waals surface area contributed by atoms with Gasteiger partial charge in [-0.2, -0.15) is 0 Å². The molecule has 210 valence electrons. The molecule has 42 heavy (non-hydrogen) atoms. The lowest BCUT2D eigenvalue weighted by molar-refractivity contribution is 0.414. The van der Waals surface area contributed by atoms with E-state index in [-0.39, 0.29) is 5.75 Å². The van der Waals surface area contributed by atoms with E-state index < -0.39 is 5.82 Å². The van der Waals surface area contributed by atoms with Gasteiger partial charge in [0.1, 0.15) is 23.1 Å². The van der Waals surface area contributed by atoms with Crippen molar-refractivity contribution in [3.8, 4) is 34.4 Å². The third-order valence-electron chi connectivity index (χ3n) is 6.93. The maximum Gasteiger partial charge on any atom is 0.212 e. The van der Waals surface area contributed by atoms with Gasteiger partial charge in [0.25, 0.3) is 0 Å². The van der Waals surface area contributed by atoms with Gasteiger partial charge in [0.2, 0.25) is 5.95 Å². The molecule has 0 saturated carbocycles. The highest BCUT2D eigenvalue weighted by Crippen LogP contribution is 2.31. The third kappa shape index (κ3) is 5.74. The quantitative estimate of drug-likeness (QED) is 0.172. The monoisotopic (exact) mass is 560 g/mol. The molecular weight excluding hydrogens is 531 g/mol. The van der Waals surface area contributed by atoms with Gasteiger partial charge in [-0.15, -0.1) is 0 Å². The van der Waals surface area contributed by atoms with Crippen LogP contribution in [0.4, 0.5) is 10.3 Å². The van der Waals surface area contributed by atoms with E-state index in [2.05, 4.69) is 9.88 Å². The molecule has 6 aromatic rings. The van der Waals surface area contributed by atoms with Crippen molar-refractivity contribution in [2.45, 2.75) is 13.1 Å². The van der Waals surface area contributed by atoms with E-state index in [1.54, 1.807) is 44.8 Å². The van der Waals surface area contributed by atoms with Crippen LogP contribution in [0, 0.1) is 5.82 Å². The predicted molar refractivity (Wildman–Crippen MR) is 161 cm³/mol. The van der Waals surface area contributed by atoms with Crippen molar-refractivity contribution in [1.29, 1.82) is 0 Å². The van der Waals surface area contributed by atoms with Crippen LogP contribution >= 0.6 is 0 Å². The van der Waals surface area contributed by atoms with E-state index in [1.165, 1.54) is 6.07 Å². The van der Waals surface area contributed by atoms with Crippen LogP contribution in [0.1, 0.15) is 11.1 Å². The zero-order chi connectivity index (χ0) is 28.9. The van der Waals surface area contributed by atoms with Gasteiger partial charge in [-0.25, -0.2) is 14.4 Å². The summed E-state index contributed by atoms with van der Waals surface area (Å²) in [6.45, 7) is 1.13. The van der Waals surface area contributed by atoms with E-state index in [0.29, 0.717) is 36.2 Å². The summed E-state index contributed by atoms with van der Waals surface area (Å²) in [7, 11) is 3.30. The summed E-state index contributed by atoms with van der Waals surface area (Å²) in [5.74, 6) is 3.06. The van der Waals surface area contributed by atoms with Crippen LogP contribution in [0.3, 0.4) is 0 Å². The van der Waals surface area contributed by atoms with Crippen LogP contribution in [0.25, 0.3) is 16.9 Å². The molecule has 0 aliphatic heterocycles. The lowest BCUT2D eigenvalue weighted by Crippen LogP contribution is -2.25. The zero-order valence-electron chi connectivity index (χ0n) is 23.3. The molecule has 0 fully saturated rings. The number of ether oxygens (including phenoxy) is 3. The summed E-state index contributed by atoms with van der Waals surface area (Å²) in [6, 6.07) is 31.8. The predicted octanol–water partition coefficient (Wildman–Crippen LogP) is 7.55. The molecule has 0 radical (unpaired) electrons. The van der Waals surface area contributed by atoms with Gasteiger partial charge in [0.15, 0.2) is 11.6 Å². The van der Waals surface area contributed by atoms with E-state index in [1.807, 2.05) is 83.3 Å². The highest BCUT2D eigenvalue weighted by atomic mass is 19.1. The number of benzene rings is 4. The molecule has 2 aromatic heterocycles. The van der Waals surface area contributed by atoms with Crippen molar-refractivity contribution >= 4 is 11.5 Å². The second kappa shape index (κ2) is 12.0. The third-order valence-corrected chi connectivity index (χ3v) is 6.93. The number of halogens is 1. The average Bonchev–Trinajstić information content (AvgIpc) is 3.47. The summed E-state index contributed by atoms with van der Waals surface area (Å²) in [6.07, 6.45) is 3.54. The smallest absolute Gasteiger partial charge is 0.212 e. The number of imidazole rings is 1. The summed E-state index contributed by atoms with van der Waals surface area (Å²) >= 11 is 0. The number of rotatable bonds is 10. The Balaban J connectivity index is 1.39. The fourth-order valence-electron chi connectivity index (χ4n) is 4.80. The maximum absolute atomic E-state index is 15.3. The number of methoxy groups -OCH3 is 2. The zero-order valence-corrected chi connectivity index (χ0v) is 23.3. The Bertz CT molecular complexity index is 1740. The summed E-state index contributed by atoms with van der Waals surface area (Å²) in [4.78, 5) is 11.7. The Morgan fingerprint density at radius 1 is 0.714 bits per heavy atom. The Labute approximate surface area is 243 Å². The summed E-state index contributed by atoms with van der Waals surface area (Å²) in [5.41, 5.74) is 3.61. The molecule has 8 heteroatoms. The van der Waals surface area contributed by atoms with Crippen LogP contribution in [-0.4, -0.2) is 28.6 Å². The van der Waals surface area contributed by atoms with Gasteiger partial charge in [-0.3, -0.25) is 4.40 Å². The standard InChI is InChI=1S/C34H29FN4O3/c1-40-28-13-8-24(9-14-28)22-38(23-25-10-15-29(41-2)16-11-25)34-36-19-18-27-21-37-33(39(27)34)26-12-17-32(31(35)20-26)42-30-6-4-3-5-7-30/h3-21H,22-23H2,1-2H3. The van der Waals surface area contributed by atoms with Crippen LogP contribution in [0.15, 0.2) is 116 Å². The van der Waals surface area contributed by atoms with Crippen molar-refractivity contribution in [2.24, 2.45) is 0 Å². The first-order valence-corrected chi connectivity index (χ1v) is 13.5. The molecule has 0 bridgehead atoms. The Kier molecular flexibility index (Phi) is 7.68. The molecule has 6 rings (SSSR count). The number of hydrogen-bond acceptors (Lipinski definition) is 6. The van der Waals surface area contributed by atoms with Crippen molar-refractivity contribution in [1.82, 2.24) is 14.4 Å². The minimum absolute atomic E-state index is 0.143. The van der Waals surface area contributed by atoms with E-state index >= 15 is 4.39 Å². The van der Waals surface area contributed by atoms with Crippen LogP contribution in [-0.2, 0) is 13.1 Å². The molecule has 4 aromatic carbocycles. The topological polar surface area (TPSA) is 61.1 Å². The first-order chi connectivity index (χ1) is 20.6. The lowest BCUT2D eigenvalue weighted by atomic mass is 10.1. The second-order valence-electron chi connectivity index (χ2n) is 9.70. The lowest BCUT2D eigenvalue weighted by Gasteiger charge is -2.25. The summed E-state index contributed by atoms with van der Waals surface area (Å²) in [5, 5.41) is 0. The van der Waals surface area contributed by atoms with Crippen LogP contribution in [0.2, 0.25) is 0 Å². The molecule has 0 saturated heterocycles. The first-order valence-electron chi connectivity index (χ1n) is 13.5. The molecule has 0 amide bonds. The molecule has 0 unspecified atom stereocenters. The number of anilines is 1. The van der Waals surface area contributed by atoms with E-state index in [4.69, 9.17) is 19.2 Å². The second-order valence-corrected chi connectivity index (χ2v) is 9.70. The Morgan fingerprint density at radius 2 is 1.36 bits per heavy atom. The van der Waals surface area contributed by atoms with Crippen molar-refractivity contribution in [2.75, 3.05) is 19.1 Å². The van der Waals surface area contributed by atoms with E-state index in [9.17, 15) is 0 Å². The number of nitrogens with zero attached hydrogens (tertiary/aromatic N) is 4. The molecule has 2 heterocycles. The normalized spacial score (nSPS) is 10.9. The van der Waals surface area contributed by atoms with Crippen molar-refractivity contribution in [3.05, 3.63) is 132 Å². The molecule has 7 nitrogen and oxygen atoms in total. The van der Waals surface area contributed by atoms with Crippen molar-refractivity contribution < 1.29 is 18.6 Å². The molecule has 0 N–H and O–H groups in total. The highest BCUT2D eigenvalue weighted by molar-refractivity contribution is 5.66. The SMILES string of the molecule is COc1ccc(CN(Cc2ccc(OC)cc2)c2nccc3cnc(-c4ccc(Oc5ccccc5)c(F)c4)n23)cc1. The van der Waals surface area contributed by atoms with Crippen LogP contribution < -0.4 is 19.1 Å². The van der Waals surface area contributed by atoms with Crippen LogP contribution in [0.5, 0.6) is 23.0 Å². The van der Waals surface area contributed by atoms with Gasteiger partial charge < -0.3 is 19.1 Å². The minimum Gasteiger partial charge on any atom is -0.497 e. The van der Waals surface area contributed by atoms with Gasteiger partial charge in [-0.1, -0.05) is 42.5 Å². The molecule has 0 atom stereocenters. The molecule has 0 spiro atoms. The Hall–Kier alpha value is -5.37. The number of aromatic nitrogens is 3. The van der Waals surface area contributed by atoms with Gasteiger partial charge >= 0.3 is 0 Å². The fourth-order valence-corrected chi connectivity index (χ4v) is 4.80. The maximum atomic E-state index is 15.3. The average molecular weight is 561 g/mol. The van der Waals surface area contributed by atoms with Gasteiger partial charge in [0, 0.05) is 24.8 Å². The first kappa shape index (κ1) is 26.8. The number of hydrogen-bond donors (Lipinski definition) is 0.